The van der Waals surface area contributed by atoms with Crippen LogP contribution >= 0.6 is 11.6 Å². The molecule has 0 atom stereocenters. The maximum atomic E-state index is 12.2. The van der Waals surface area contributed by atoms with Gasteiger partial charge in [-0.25, -0.2) is 4.79 Å². The van der Waals surface area contributed by atoms with Crippen LogP contribution in [-0.4, -0.2) is 52.6 Å². The Morgan fingerprint density at radius 3 is 2.54 bits per heavy atom. The second-order valence-electron chi connectivity index (χ2n) is 7.63. The molecule has 0 spiro atoms. The van der Waals surface area contributed by atoms with E-state index >= 15 is 0 Å². The number of ether oxygens (including phenoxy) is 1. The number of benzene rings is 1. The smallest absolute Gasteiger partial charge is 0.410 e. The van der Waals surface area contributed by atoms with Gasteiger partial charge in [0.2, 0.25) is 0 Å². The molecule has 0 N–H and O–H groups in total. The number of hydrogen-bond donors (Lipinski definition) is 0. The van der Waals surface area contributed by atoms with E-state index < -0.39 is 10.5 Å². The molecule has 0 aromatic heterocycles. The van der Waals surface area contributed by atoms with Crippen LogP contribution in [0.3, 0.4) is 0 Å². The van der Waals surface area contributed by atoms with E-state index in [1.807, 2.05) is 20.8 Å². The van der Waals surface area contributed by atoms with E-state index in [9.17, 15) is 14.9 Å². The average Bonchev–Trinajstić information content (AvgIpc) is 2.55. The van der Waals surface area contributed by atoms with E-state index in [4.69, 9.17) is 16.3 Å². The number of likely N-dealkylation sites (tertiary alicyclic amines) is 1. The Balaban J connectivity index is 1.92. The highest BCUT2D eigenvalue weighted by Crippen LogP contribution is 2.25. The highest BCUT2D eigenvalue weighted by atomic mass is 35.5. The van der Waals surface area contributed by atoms with Crippen LogP contribution in [0, 0.1) is 10.1 Å². The van der Waals surface area contributed by atoms with Gasteiger partial charge in [0.15, 0.2) is 0 Å². The molecular weight excluding hydrogens is 358 g/mol. The Hall–Kier alpha value is -1.86. The molecule has 0 aliphatic carbocycles. The van der Waals surface area contributed by atoms with Crippen LogP contribution in [0.25, 0.3) is 0 Å². The molecule has 0 radical (unpaired) electrons. The second-order valence-corrected chi connectivity index (χ2v) is 8.04. The fourth-order valence-electron chi connectivity index (χ4n) is 2.98. The Labute approximate surface area is 159 Å². The number of nitrogens with zero attached hydrogens (tertiary/aromatic N) is 3. The SMILES string of the molecule is CN(C(=O)OC(C)(C)C)C1CCN(Cc2cc([N+](=O)[O-])ccc2Cl)CC1. The van der Waals surface area contributed by atoms with Crippen LogP contribution in [0.2, 0.25) is 5.02 Å². The van der Waals surface area contributed by atoms with Crippen LogP contribution in [0.15, 0.2) is 18.2 Å². The predicted molar refractivity (Wildman–Crippen MR) is 100 cm³/mol. The fourth-order valence-corrected chi connectivity index (χ4v) is 3.16. The normalized spacial score (nSPS) is 16.3. The van der Waals surface area contributed by atoms with E-state index in [1.54, 1.807) is 18.0 Å². The van der Waals surface area contributed by atoms with Gasteiger partial charge in [-0.15, -0.1) is 0 Å². The number of nitro groups is 1. The summed E-state index contributed by atoms with van der Waals surface area (Å²) >= 11 is 6.18. The first kappa shape index (κ1) is 20.5. The minimum atomic E-state index is -0.509. The van der Waals surface area contributed by atoms with Gasteiger partial charge < -0.3 is 9.64 Å². The van der Waals surface area contributed by atoms with Gasteiger partial charge in [-0.1, -0.05) is 11.6 Å². The van der Waals surface area contributed by atoms with Crippen LogP contribution in [-0.2, 0) is 11.3 Å². The van der Waals surface area contributed by atoms with Crippen LogP contribution < -0.4 is 0 Å². The van der Waals surface area contributed by atoms with Crippen molar-refractivity contribution in [3.63, 3.8) is 0 Å². The van der Waals surface area contributed by atoms with Gasteiger partial charge in [-0.3, -0.25) is 15.0 Å². The quantitative estimate of drug-likeness (QED) is 0.578. The Morgan fingerprint density at radius 1 is 1.38 bits per heavy atom. The Bertz CT molecular complexity index is 667. The van der Waals surface area contributed by atoms with Crippen molar-refractivity contribution in [2.75, 3.05) is 20.1 Å². The first-order valence-corrected chi connectivity index (χ1v) is 9.05. The number of carbonyl (C=O) groups excluding carboxylic acids is 1. The summed E-state index contributed by atoms with van der Waals surface area (Å²) in [4.78, 5) is 26.6. The molecule has 1 aromatic rings. The lowest BCUT2D eigenvalue weighted by atomic mass is 10.0. The van der Waals surface area contributed by atoms with E-state index in [2.05, 4.69) is 4.90 Å². The lowest BCUT2D eigenvalue weighted by Crippen LogP contribution is -2.46. The minimum Gasteiger partial charge on any atom is -0.444 e. The highest BCUT2D eigenvalue weighted by molar-refractivity contribution is 6.31. The van der Waals surface area contributed by atoms with Crippen LogP contribution in [0.1, 0.15) is 39.2 Å². The van der Waals surface area contributed by atoms with Crippen molar-refractivity contribution in [2.45, 2.75) is 51.8 Å². The summed E-state index contributed by atoms with van der Waals surface area (Å²) in [5.41, 5.74) is 0.286. The van der Waals surface area contributed by atoms with E-state index in [0.29, 0.717) is 11.6 Å². The first-order chi connectivity index (χ1) is 12.1. The number of rotatable bonds is 4. The zero-order valence-corrected chi connectivity index (χ0v) is 16.5. The molecule has 1 saturated heterocycles. The van der Waals surface area contributed by atoms with Gasteiger partial charge in [0.25, 0.3) is 5.69 Å². The summed E-state index contributed by atoms with van der Waals surface area (Å²) in [6.45, 7) is 7.69. The van der Waals surface area contributed by atoms with Crippen LogP contribution in [0.4, 0.5) is 10.5 Å². The topological polar surface area (TPSA) is 75.9 Å². The van der Waals surface area contributed by atoms with Crippen molar-refractivity contribution >= 4 is 23.4 Å². The Morgan fingerprint density at radius 2 is 2.00 bits per heavy atom. The predicted octanol–water partition coefficient (Wildman–Crippen LogP) is 4.08. The van der Waals surface area contributed by atoms with Gasteiger partial charge >= 0.3 is 6.09 Å². The van der Waals surface area contributed by atoms with E-state index in [-0.39, 0.29) is 17.8 Å². The third-order valence-electron chi connectivity index (χ3n) is 4.42. The number of carbonyl (C=O) groups is 1. The number of amides is 1. The third-order valence-corrected chi connectivity index (χ3v) is 4.79. The number of nitro benzene ring substituents is 1. The highest BCUT2D eigenvalue weighted by Gasteiger charge is 2.28. The summed E-state index contributed by atoms with van der Waals surface area (Å²) in [5.74, 6) is 0. The molecular formula is C18H26ClN3O4. The minimum absolute atomic E-state index is 0.0453. The number of halogens is 1. The lowest BCUT2D eigenvalue weighted by Gasteiger charge is -2.37. The molecule has 1 aliphatic rings. The van der Waals surface area contributed by atoms with Gasteiger partial charge in [0.05, 0.1) is 4.92 Å². The van der Waals surface area contributed by atoms with Gasteiger partial charge in [-0.2, -0.15) is 0 Å². The summed E-state index contributed by atoms with van der Waals surface area (Å²) in [7, 11) is 1.77. The summed E-state index contributed by atoms with van der Waals surface area (Å²) in [6, 6.07) is 4.63. The second kappa shape index (κ2) is 8.22. The maximum absolute atomic E-state index is 12.2. The summed E-state index contributed by atoms with van der Waals surface area (Å²) in [6.07, 6.45) is 1.34. The number of hydrogen-bond acceptors (Lipinski definition) is 5. The zero-order chi connectivity index (χ0) is 19.5. The first-order valence-electron chi connectivity index (χ1n) is 8.68. The van der Waals surface area contributed by atoms with Crippen molar-refractivity contribution in [2.24, 2.45) is 0 Å². The van der Waals surface area contributed by atoms with Gasteiger partial charge in [0.1, 0.15) is 5.60 Å². The van der Waals surface area contributed by atoms with E-state index in [0.717, 1.165) is 31.5 Å². The monoisotopic (exact) mass is 383 g/mol. The summed E-state index contributed by atoms with van der Waals surface area (Å²) in [5, 5.41) is 11.5. The molecule has 0 unspecified atom stereocenters. The standard InChI is InChI=1S/C18H26ClN3O4/c1-18(2,3)26-17(23)20(4)14-7-9-21(10-8-14)12-13-11-15(22(24)25)5-6-16(13)19/h5-6,11,14H,7-10,12H2,1-4H3. The van der Waals surface area contributed by atoms with Gasteiger partial charge in [-0.05, 0) is 45.2 Å². The molecule has 1 heterocycles. The van der Waals surface area contributed by atoms with E-state index in [1.165, 1.54) is 12.1 Å². The summed E-state index contributed by atoms with van der Waals surface area (Å²) < 4.78 is 5.42. The molecule has 26 heavy (non-hydrogen) atoms. The maximum Gasteiger partial charge on any atom is 0.410 e. The van der Waals surface area contributed by atoms with Crippen molar-refractivity contribution < 1.29 is 14.5 Å². The molecule has 144 valence electrons. The molecule has 1 amide bonds. The Kier molecular flexibility index (Phi) is 6.47. The largest absolute Gasteiger partial charge is 0.444 e. The van der Waals surface area contributed by atoms with Crippen molar-refractivity contribution in [1.29, 1.82) is 0 Å². The van der Waals surface area contributed by atoms with Crippen molar-refractivity contribution in [3.8, 4) is 0 Å². The third kappa shape index (κ3) is 5.57. The number of piperidine rings is 1. The molecule has 1 aromatic carbocycles. The lowest BCUT2D eigenvalue weighted by molar-refractivity contribution is -0.384. The molecule has 2 rings (SSSR count). The molecule has 0 saturated carbocycles. The molecule has 1 fully saturated rings. The molecule has 7 nitrogen and oxygen atoms in total. The van der Waals surface area contributed by atoms with Crippen molar-refractivity contribution in [3.05, 3.63) is 38.9 Å². The number of non-ortho nitro benzene ring substituents is 1. The molecule has 0 bridgehead atoms. The fraction of sp³-hybridized carbons (Fsp3) is 0.611. The zero-order valence-electron chi connectivity index (χ0n) is 15.7. The average molecular weight is 384 g/mol. The molecule has 1 aliphatic heterocycles. The molecule has 8 heteroatoms. The van der Waals surface area contributed by atoms with Crippen molar-refractivity contribution in [1.82, 2.24) is 9.80 Å². The van der Waals surface area contributed by atoms with Crippen LogP contribution in [0.5, 0.6) is 0 Å². The van der Waals surface area contributed by atoms with Gasteiger partial charge in [0, 0.05) is 49.9 Å².